The van der Waals surface area contributed by atoms with E-state index in [0.29, 0.717) is 25.9 Å². The standard InChI is InChI=1S/C18H18BrNO2S/c19-14-3-1-13(2-4-14)17-7-5-16(23-17)6-8-18(22)20-11-9-15(21)10-12-20/h1-8,15,21H,9-12H2. The number of aliphatic hydroxyl groups excluding tert-OH is 1. The first-order chi connectivity index (χ1) is 11.1. The third-order valence-electron chi connectivity index (χ3n) is 3.92. The van der Waals surface area contributed by atoms with E-state index in [-0.39, 0.29) is 12.0 Å². The normalized spacial score (nSPS) is 16.2. The van der Waals surface area contributed by atoms with Crippen molar-refractivity contribution < 1.29 is 9.90 Å². The molecule has 3 nitrogen and oxygen atoms in total. The molecule has 1 aromatic carbocycles. The lowest BCUT2D eigenvalue weighted by atomic mass is 10.1. The van der Waals surface area contributed by atoms with Gasteiger partial charge < -0.3 is 10.0 Å². The zero-order valence-corrected chi connectivity index (χ0v) is 15.0. The molecule has 2 aromatic rings. The Morgan fingerprint density at radius 3 is 2.57 bits per heavy atom. The van der Waals surface area contributed by atoms with E-state index in [0.717, 1.165) is 9.35 Å². The van der Waals surface area contributed by atoms with E-state index in [1.165, 1.54) is 10.4 Å². The Hall–Kier alpha value is -1.43. The van der Waals surface area contributed by atoms with E-state index < -0.39 is 0 Å². The summed E-state index contributed by atoms with van der Waals surface area (Å²) in [7, 11) is 0. The third-order valence-corrected chi connectivity index (χ3v) is 5.55. The van der Waals surface area contributed by atoms with Crippen molar-refractivity contribution in [1.82, 2.24) is 4.90 Å². The average Bonchev–Trinajstić information content (AvgIpc) is 3.03. The van der Waals surface area contributed by atoms with Gasteiger partial charge in [0.05, 0.1) is 6.10 Å². The number of hydrogen-bond acceptors (Lipinski definition) is 3. The highest BCUT2D eigenvalue weighted by molar-refractivity contribution is 9.10. The van der Waals surface area contributed by atoms with Crippen molar-refractivity contribution in [1.29, 1.82) is 0 Å². The van der Waals surface area contributed by atoms with Crippen molar-refractivity contribution >= 4 is 39.2 Å². The number of aliphatic hydroxyl groups is 1. The summed E-state index contributed by atoms with van der Waals surface area (Å²) in [6.07, 6.45) is 4.60. The maximum atomic E-state index is 12.1. The van der Waals surface area contributed by atoms with Gasteiger partial charge in [-0.05, 0) is 48.7 Å². The molecular weight excluding hydrogens is 374 g/mol. The number of thiophene rings is 1. The van der Waals surface area contributed by atoms with Crippen LogP contribution in [0.15, 0.2) is 46.9 Å². The highest BCUT2D eigenvalue weighted by Crippen LogP contribution is 2.29. The van der Waals surface area contributed by atoms with Crippen LogP contribution in [0.1, 0.15) is 17.7 Å². The van der Waals surface area contributed by atoms with Crippen molar-refractivity contribution in [2.45, 2.75) is 18.9 Å². The average molecular weight is 392 g/mol. The van der Waals surface area contributed by atoms with Gasteiger partial charge in [-0.1, -0.05) is 28.1 Å². The third kappa shape index (κ3) is 4.31. The van der Waals surface area contributed by atoms with Crippen molar-refractivity contribution in [3.05, 3.63) is 51.8 Å². The minimum Gasteiger partial charge on any atom is -0.393 e. The molecule has 1 saturated heterocycles. The van der Waals surface area contributed by atoms with E-state index in [4.69, 9.17) is 0 Å². The molecule has 0 atom stereocenters. The second-order valence-electron chi connectivity index (χ2n) is 5.60. The molecule has 5 heteroatoms. The highest BCUT2D eigenvalue weighted by Gasteiger charge is 2.19. The van der Waals surface area contributed by atoms with Crippen molar-refractivity contribution in [3.63, 3.8) is 0 Å². The molecule has 3 rings (SSSR count). The molecule has 23 heavy (non-hydrogen) atoms. The second kappa shape index (κ2) is 7.43. The first kappa shape index (κ1) is 16.4. The summed E-state index contributed by atoms with van der Waals surface area (Å²) < 4.78 is 1.06. The highest BCUT2D eigenvalue weighted by atomic mass is 79.9. The van der Waals surface area contributed by atoms with Crippen LogP contribution >= 0.6 is 27.3 Å². The number of carbonyl (C=O) groups is 1. The number of benzene rings is 1. The Morgan fingerprint density at radius 1 is 1.17 bits per heavy atom. The lowest BCUT2D eigenvalue weighted by molar-refractivity contribution is -0.127. The molecule has 1 amide bonds. The molecule has 0 spiro atoms. The molecule has 1 N–H and O–H groups in total. The van der Waals surface area contributed by atoms with Crippen LogP contribution in [0.25, 0.3) is 16.5 Å². The number of hydrogen-bond donors (Lipinski definition) is 1. The van der Waals surface area contributed by atoms with Crippen molar-refractivity contribution in [3.8, 4) is 10.4 Å². The largest absolute Gasteiger partial charge is 0.393 e. The molecule has 1 aromatic heterocycles. The van der Waals surface area contributed by atoms with Crippen LogP contribution in [-0.2, 0) is 4.79 Å². The van der Waals surface area contributed by atoms with Crippen LogP contribution in [0.5, 0.6) is 0 Å². The van der Waals surface area contributed by atoms with E-state index >= 15 is 0 Å². The Bertz CT molecular complexity index is 700. The second-order valence-corrected chi connectivity index (χ2v) is 7.63. The lowest BCUT2D eigenvalue weighted by Gasteiger charge is -2.28. The molecule has 0 radical (unpaired) electrons. The SMILES string of the molecule is O=C(C=Cc1ccc(-c2ccc(Br)cc2)s1)N1CCC(O)CC1. The number of piperidine rings is 1. The van der Waals surface area contributed by atoms with Gasteiger partial charge in [0.15, 0.2) is 0 Å². The van der Waals surface area contributed by atoms with E-state index in [1.807, 2.05) is 24.3 Å². The van der Waals surface area contributed by atoms with Crippen LogP contribution in [0, 0.1) is 0 Å². The predicted octanol–water partition coefficient (Wildman–Crippen LogP) is 4.17. The van der Waals surface area contributed by atoms with Crippen LogP contribution in [0.3, 0.4) is 0 Å². The molecule has 120 valence electrons. The van der Waals surface area contributed by atoms with Crippen LogP contribution < -0.4 is 0 Å². The number of carbonyl (C=O) groups excluding carboxylic acids is 1. The molecule has 2 heterocycles. The van der Waals surface area contributed by atoms with Gasteiger partial charge in [-0.3, -0.25) is 4.79 Å². The first-order valence-corrected chi connectivity index (χ1v) is 9.23. The Balaban J connectivity index is 1.64. The molecule has 0 unspecified atom stereocenters. The first-order valence-electron chi connectivity index (χ1n) is 7.62. The minimum atomic E-state index is -0.256. The number of nitrogens with zero attached hydrogens (tertiary/aromatic N) is 1. The van der Waals surface area contributed by atoms with Gasteiger partial charge in [0.2, 0.25) is 5.91 Å². The van der Waals surface area contributed by atoms with Gasteiger partial charge >= 0.3 is 0 Å². The van der Waals surface area contributed by atoms with Gasteiger partial charge in [0.1, 0.15) is 0 Å². The van der Waals surface area contributed by atoms with Crippen molar-refractivity contribution in [2.75, 3.05) is 13.1 Å². The summed E-state index contributed by atoms with van der Waals surface area (Å²) in [6, 6.07) is 12.3. The molecule has 1 fully saturated rings. The summed E-state index contributed by atoms with van der Waals surface area (Å²) in [5.41, 5.74) is 1.18. The molecular formula is C18H18BrNO2S. The van der Waals surface area contributed by atoms with Gasteiger partial charge in [-0.15, -0.1) is 11.3 Å². The minimum absolute atomic E-state index is 0.0236. The topological polar surface area (TPSA) is 40.5 Å². The van der Waals surface area contributed by atoms with Gasteiger partial charge in [0, 0.05) is 33.4 Å². The summed E-state index contributed by atoms with van der Waals surface area (Å²) >= 11 is 5.11. The van der Waals surface area contributed by atoms with Crippen LogP contribution in [0.2, 0.25) is 0 Å². The fourth-order valence-corrected chi connectivity index (χ4v) is 3.74. The van der Waals surface area contributed by atoms with Crippen LogP contribution in [0.4, 0.5) is 0 Å². The Kier molecular flexibility index (Phi) is 5.30. The number of halogens is 1. The fourth-order valence-electron chi connectivity index (χ4n) is 2.56. The van der Waals surface area contributed by atoms with E-state index in [1.54, 1.807) is 22.3 Å². The van der Waals surface area contributed by atoms with Gasteiger partial charge in [-0.25, -0.2) is 0 Å². The van der Waals surface area contributed by atoms with E-state index in [9.17, 15) is 9.90 Å². The number of rotatable bonds is 3. The molecule has 0 saturated carbocycles. The lowest BCUT2D eigenvalue weighted by Crippen LogP contribution is -2.39. The quantitative estimate of drug-likeness (QED) is 0.797. The fraction of sp³-hybridized carbons (Fsp3) is 0.278. The monoisotopic (exact) mass is 391 g/mol. The zero-order valence-electron chi connectivity index (χ0n) is 12.6. The predicted molar refractivity (Wildman–Crippen MR) is 98.3 cm³/mol. The van der Waals surface area contributed by atoms with E-state index in [2.05, 4.69) is 34.1 Å². The molecule has 0 bridgehead atoms. The van der Waals surface area contributed by atoms with Gasteiger partial charge in [0.25, 0.3) is 0 Å². The van der Waals surface area contributed by atoms with Crippen LogP contribution in [-0.4, -0.2) is 35.1 Å². The smallest absolute Gasteiger partial charge is 0.246 e. The van der Waals surface area contributed by atoms with Gasteiger partial charge in [-0.2, -0.15) is 0 Å². The zero-order chi connectivity index (χ0) is 16.2. The Morgan fingerprint density at radius 2 is 1.87 bits per heavy atom. The molecule has 1 aliphatic heterocycles. The summed E-state index contributed by atoms with van der Waals surface area (Å²) in [4.78, 5) is 16.2. The Labute approximate surface area is 148 Å². The number of likely N-dealkylation sites (tertiary alicyclic amines) is 1. The number of amides is 1. The summed E-state index contributed by atoms with van der Waals surface area (Å²) in [5, 5.41) is 9.49. The summed E-state index contributed by atoms with van der Waals surface area (Å²) in [6.45, 7) is 1.28. The van der Waals surface area contributed by atoms with Crippen molar-refractivity contribution in [2.24, 2.45) is 0 Å². The summed E-state index contributed by atoms with van der Waals surface area (Å²) in [5.74, 6) is 0.0236. The maximum Gasteiger partial charge on any atom is 0.246 e. The molecule has 1 aliphatic rings. The maximum absolute atomic E-state index is 12.1. The molecule has 0 aliphatic carbocycles.